The van der Waals surface area contributed by atoms with E-state index in [2.05, 4.69) is 19.1 Å². The summed E-state index contributed by atoms with van der Waals surface area (Å²) < 4.78 is 5.50. The minimum Gasteiger partial charge on any atom is -0.494 e. The highest BCUT2D eigenvalue weighted by atomic mass is 16.5. The van der Waals surface area contributed by atoms with Gasteiger partial charge in [0.25, 0.3) is 0 Å². The first-order valence-corrected chi connectivity index (χ1v) is 7.23. The van der Waals surface area contributed by atoms with E-state index in [0.29, 0.717) is 19.4 Å². The van der Waals surface area contributed by atoms with Gasteiger partial charge in [-0.3, -0.25) is 0 Å². The van der Waals surface area contributed by atoms with Gasteiger partial charge in [0, 0.05) is 0 Å². The van der Waals surface area contributed by atoms with Crippen LogP contribution in [-0.2, 0) is 12.8 Å². The van der Waals surface area contributed by atoms with Crippen molar-refractivity contribution in [3.8, 4) is 5.75 Å². The zero-order valence-electron chi connectivity index (χ0n) is 12.2. The van der Waals surface area contributed by atoms with Crippen LogP contribution in [0.1, 0.15) is 44.7 Å². The Hall–Kier alpha value is -1.06. The highest BCUT2D eigenvalue weighted by Crippen LogP contribution is 2.21. The first-order valence-electron chi connectivity index (χ1n) is 7.23. The van der Waals surface area contributed by atoms with Crippen molar-refractivity contribution in [3.05, 3.63) is 29.3 Å². The second-order valence-electron chi connectivity index (χ2n) is 4.80. The largest absolute Gasteiger partial charge is 0.494 e. The summed E-state index contributed by atoms with van der Waals surface area (Å²) >= 11 is 0. The number of aryl methyl sites for hydroxylation is 2. The Bertz CT molecular complexity index is 376. The van der Waals surface area contributed by atoms with Gasteiger partial charge in [0.15, 0.2) is 0 Å². The molecule has 3 heteroatoms. The molecule has 0 aliphatic heterocycles. The number of aliphatic hydroxyl groups is 2. The third-order valence-corrected chi connectivity index (χ3v) is 3.44. The fraction of sp³-hybridized carbons (Fsp3) is 0.625. The minimum atomic E-state index is -0.638. The highest BCUT2D eigenvalue weighted by molar-refractivity contribution is 5.36. The summed E-state index contributed by atoms with van der Waals surface area (Å²) in [6.45, 7) is 6.64. The smallest absolute Gasteiger partial charge is 0.119 e. The number of aliphatic hydroxyl groups excluding tert-OH is 2. The topological polar surface area (TPSA) is 49.7 Å². The second-order valence-corrected chi connectivity index (χ2v) is 4.80. The minimum absolute atomic E-state index is 0.588. The quantitative estimate of drug-likeness (QED) is 0.760. The monoisotopic (exact) mass is 266 g/mol. The molecule has 0 bridgehead atoms. The van der Waals surface area contributed by atoms with Gasteiger partial charge in [0.1, 0.15) is 5.75 Å². The Morgan fingerprint density at radius 1 is 1.05 bits per heavy atom. The molecule has 2 unspecified atom stereocenters. The molecule has 3 nitrogen and oxygen atoms in total. The van der Waals surface area contributed by atoms with E-state index in [1.807, 2.05) is 19.9 Å². The lowest BCUT2D eigenvalue weighted by atomic mass is 9.97. The van der Waals surface area contributed by atoms with Gasteiger partial charge >= 0.3 is 0 Å². The van der Waals surface area contributed by atoms with Gasteiger partial charge in [0.05, 0.1) is 18.8 Å². The number of ether oxygens (including phenoxy) is 1. The van der Waals surface area contributed by atoms with Gasteiger partial charge in [-0.2, -0.15) is 0 Å². The van der Waals surface area contributed by atoms with Crippen LogP contribution in [0.5, 0.6) is 5.75 Å². The predicted octanol–water partition coefficient (Wildman–Crippen LogP) is 2.71. The molecule has 0 heterocycles. The molecule has 0 aliphatic carbocycles. The Morgan fingerprint density at radius 2 is 1.79 bits per heavy atom. The number of hydrogen-bond donors (Lipinski definition) is 2. The summed E-state index contributed by atoms with van der Waals surface area (Å²) in [6, 6.07) is 6.11. The van der Waals surface area contributed by atoms with E-state index in [9.17, 15) is 10.2 Å². The van der Waals surface area contributed by atoms with Crippen LogP contribution in [0.3, 0.4) is 0 Å². The van der Waals surface area contributed by atoms with Crippen molar-refractivity contribution in [2.24, 2.45) is 0 Å². The third-order valence-electron chi connectivity index (χ3n) is 3.44. The number of benzene rings is 1. The first-order chi connectivity index (χ1) is 9.12. The van der Waals surface area contributed by atoms with Gasteiger partial charge in [-0.15, -0.1) is 0 Å². The van der Waals surface area contributed by atoms with Crippen molar-refractivity contribution >= 4 is 0 Å². The molecule has 0 radical (unpaired) electrons. The normalized spacial score (nSPS) is 14.2. The van der Waals surface area contributed by atoms with Gasteiger partial charge < -0.3 is 14.9 Å². The van der Waals surface area contributed by atoms with Crippen LogP contribution >= 0.6 is 0 Å². The Kier molecular flexibility index (Phi) is 6.89. The molecule has 0 saturated heterocycles. The van der Waals surface area contributed by atoms with E-state index in [-0.39, 0.29) is 0 Å². The molecule has 108 valence electrons. The van der Waals surface area contributed by atoms with Gasteiger partial charge in [-0.1, -0.05) is 19.9 Å². The lowest BCUT2D eigenvalue weighted by molar-refractivity contribution is 0.0130. The third kappa shape index (κ3) is 4.84. The van der Waals surface area contributed by atoms with Crippen molar-refractivity contribution in [1.82, 2.24) is 0 Å². The summed E-state index contributed by atoms with van der Waals surface area (Å²) in [6.07, 6.45) is 1.66. The summed E-state index contributed by atoms with van der Waals surface area (Å²) in [7, 11) is 0. The van der Waals surface area contributed by atoms with E-state index in [0.717, 1.165) is 18.6 Å². The van der Waals surface area contributed by atoms with Crippen molar-refractivity contribution in [2.75, 3.05) is 6.61 Å². The van der Waals surface area contributed by atoms with E-state index in [1.54, 1.807) is 0 Å². The van der Waals surface area contributed by atoms with Crippen molar-refractivity contribution in [2.45, 2.75) is 58.7 Å². The van der Waals surface area contributed by atoms with Crippen LogP contribution in [0.25, 0.3) is 0 Å². The SMILES string of the molecule is CCOc1ccc(CCC(O)C(O)CC)c(CC)c1. The fourth-order valence-electron chi connectivity index (χ4n) is 2.20. The lowest BCUT2D eigenvalue weighted by Crippen LogP contribution is -2.25. The average molecular weight is 266 g/mol. The molecule has 1 aromatic carbocycles. The first kappa shape index (κ1) is 16.0. The van der Waals surface area contributed by atoms with Gasteiger partial charge in [-0.25, -0.2) is 0 Å². The van der Waals surface area contributed by atoms with Crippen molar-refractivity contribution < 1.29 is 14.9 Å². The molecule has 2 N–H and O–H groups in total. The van der Waals surface area contributed by atoms with E-state index < -0.39 is 12.2 Å². The molecule has 0 aromatic heterocycles. The molecule has 0 spiro atoms. The van der Waals surface area contributed by atoms with Crippen LogP contribution in [-0.4, -0.2) is 29.0 Å². The lowest BCUT2D eigenvalue weighted by Gasteiger charge is -2.17. The van der Waals surface area contributed by atoms with Crippen molar-refractivity contribution in [3.63, 3.8) is 0 Å². The Balaban J connectivity index is 2.67. The zero-order valence-corrected chi connectivity index (χ0v) is 12.2. The maximum Gasteiger partial charge on any atom is 0.119 e. The zero-order chi connectivity index (χ0) is 14.3. The molecule has 0 saturated carbocycles. The second kappa shape index (κ2) is 8.18. The number of hydrogen-bond acceptors (Lipinski definition) is 3. The summed E-state index contributed by atoms with van der Waals surface area (Å²) in [5.74, 6) is 0.900. The average Bonchev–Trinajstić information content (AvgIpc) is 2.44. The predicted molar refractivity (Wildman–Crippen MR) is 77.6 cm³/mol. The Morgan fingerprint density at radius 3 is 2.37 bits per heavy atom. The Labute approximate surface area is 116 Å². The molecule has 19 heavy (non-hydrogen) atoms. The van der Waals surface area contributed by atoms with Crippen molar-refractivity contribution in [1.29, 1.82) is 0 Å². The number of rotatable bonds is 8. The van der Waals surface area contributed by atoms with Crippen LogP contribution in [0.15, 0.2) is 18.2 Å². The fourth-order valence-corrected chi connectivity index (χ4v) is 2.20. The molecule has 0 fully saturated rings. The maximum absolute atomic E-state index is 9.81. The molecule has 0 aliphatic rings. The van der Waals surface area contributed by atoms with E-state index in [4.69, 9.17) is 4.74 Å². The maximum atomic E-state index is 9.81. The molecular weight excluding hydrogens is 240 g/mol. The van der Waals surface area contributed by atoms with Gasteiger partial charge in [0.2, 0.25) is 0 Å². The molecule has 0 amide bonds. The van der Waals surface area contributed by atoms with Crippen LogP contribution in [0, 0.1) is 0 Å². The highest BCUT2D eigenvalue weighted by Gasteiger charge is 2.14. The van der Waals surface area contributed by atoms with Gasteiger partial charge in [-0.05, 0) is 55.9 Å². The van der Waals surface area contributed by atoms with Crippen LogP contribution in [0.2, 0.25) is 0 Å². The molecule has 2 atom stereocenters. The molecular formula is C16H26O3. The van der Waals surface area contributed by atoms with E-state index >= 15 is 0 Å². The summed E-state index contributed by atoms with van der Waals surface area (Å²) in [4.78, 5) is 0. The van der Waals surface area contributed by atoms with Crippen LogP contribution in [0.4, 0.5) is 0 Å². The standard InChI is InChI=1S/C16H26O3/c1-4-12-11-14(19-6-3)9-7-13(12)8-10-16(18)15(17)5-2/h7,9,11,15-18H,4-6,8,10H2,1-3H3. The van der Waals surface area contributed by atoms with E-state index in [1.165, 1.54) is 11.1 Å². The summed E-state index contributed by atoms with van der Waals surface area (Å²) in [5, 5.41) is 19.4. The molecule has 1 aromatic rings. The molecule has 1 rings (SSSR count). The summed E-state index contributed by atoms with van der Waals surface area (Å²) in [5.41, 5.74) is 2.48. The van der Waals surface area contributed by atoms with Crippen LogP contribution < -0.4 is 4.74 Å².